The molecule has 0 aliphatic carbocycles. The molecule has 1 N–H and O–H groups in total. The summed E-state index contributed by atoms with van der Waals surface area (Å²) in [6, 6.07) is 16.4. The number of anilines is 3. The molecule has 1 amide bonds. The first-order valence-corrected chi connectivity index (χ1v) is 12.4. The van der Waals surface area contributed by atoms with Crippen LogP contribution in [0.25, 0.3) is 11.1 Å². The zero-order valence-corrected chi connectivity index (χ0v) is 20.5. The van der Waals surface area contributed by atoms with Gasteiger partial charge in [0.05, 0.1) is 41.4 Å². The molecular weight excluding hydrogens is 472 g/mol. The molecule has 3 aromatic carbocycles. The second kappa shape index (κ2) is 9.44. The summed E-state index contributed by atoms with van der Waals surface area (Å²) in [5.41, 5.74) is 4.51. The van der Waals surface area contributed by atoms with Gasteiger partial charge in [0.1, 0.15) is 11.6 Å². The van der Waals surface area contributed by atoms with Gasteiger partial charge in [-0.05, 0) is 86.6 Å². The molecule has 1 fully saturated rings. The maximum absolute atomic E-state index is 14.3. The highest BCUT2D eigenvalue weighted by atomic mass is 19.1. The quantitative estimate of drug-likeness (QED) is 0.374. The smallest absolute Gasteiger partial charge is 0.260 e. The maximum Gasteiger partial charge on any atom is 0.260 e. The second-order valence-corrected chi connectivity index (χ2v) is 9.81. The molecule has 188 valence electrons. The van der Waals surface area contributed by atoms with Crippen LogP contribution in [0.3, 0.4) is 0 Å². The number of hydrogen-bond donors (Lipinski definition) is 1. The highest BCUT2D eigenvalue weighted by Crippen LogP contribution is 2.38. The van der Waals surface area contributed by atoms with Gasteiger partial charge < -0.3 is 15.1 Å². The number of fused-ring (bicyclic) bond motifs is 2. The lowest BCUT2D eigenvalue weighted by Gasteiger charge is -2.28. The largest absolute Gasteiger partial charge is 0.353 e. The number of nitrogens with zero attached hydrogens (tertiary/aromatic N) is 4. The van der Waals surface area contributed by atoms with E-state index in [1.807, 2.05) is 35.3 Å². The van der Waals surface area contributed by atoms with Crippen LogP contribution in [0.2, 0.25) is 0 Å². The van der Waals surface area contributed by atoms with Crippen molar-refractivity contribution in [3.8, 4) is 11.1 Å². The number of carbonyl (C=O) groups excluding carboxylic acids is 1. The maximum atomic E-state index is 14.3. The summed E-state index contributed by atoms with van der Waals surface area (Å²) in [7, 11) is 2.13. The van der Waals surface area contributed by atoms with Gasteiger partial charge in [0.2, 0.25) is 0 Å². The van der Waals surface area contributed by atoms with Crippen LogP contribution in [0.4, 0.5) is 25.8 Å². The summed E-state index contributed by atoms with van der Waals surface area (Å²) >= 11 is 0. The molecule has 0 bridgehead atoms. The number of piperidine rings is 1. The van der Waals surface area contributed by atoms with Crippen molar-refractivity contribution in [1.29, 1.82) is 0 Å². The van der Waals surface area contributed by atoms with Crippen LogP contribution < -0.4 is 10.2 Å². The van der Waals surface area contributed by atoms with Crippen LogP contribution in [-0.2, 0) is 6.54 Å². The first-order chi connectivity index (χ1) is 17.9. The minimum Gasteiger partial charge on any atom is -0.353 e. The lowest BCUT2D eigenvalue weighted by molar-refractivity contribution is 0.0986. The molecule has 0 spiro atoms. The van der Waals surface area contributed by atoms with E-state index < -0.39 is 5.82 Å². The van der Waals surface area contributed by atoms with Crippen molar-refractivity contribution in [2.75, 3.05) is 30.4 Å². The number of aromatic nitrogens is 2. The Morgan fingerprint density at radius 2 is 1.73 bits per heavy atom. The van der Waals surface area contributed by atoms with E-state index in [0.717, 1.165) is 37.1 Å². The molecule has 8 heteroatoms. The zero-order valence-electron chi connectivity index (χ0n) is 20.5. The Morgan fingerprint density at radius 3 is 2.54 bits per heavy atom. The zero-order chi connectivity index (χ0) is 25.5. The normalized spacial score (nSPS) is 16.2. The number of halogens is 2. The lowest BCUT2D eigenvalue weighted by atomic mass is 10.0. The van der Waals surface area contributed by atoms with Crippen LogP contribution in [0.15, 0.2) is 73.1 Å². The first-order valence-electron chi connectivity index (χ1n) is 12.4. The van der Waals surface area contributed by atoms with Gasteiger partial charge in [-0.2, -0.15) is 5.10 Å². The summed E-state index contributed by atoms with van der Waals surface area (Å²) in [5.74, 6) is -1.13. The van der Waals surface area contributed by atoms with Crippen molar-refractivity contribution in [3.63, 3.8) is 0 Å². The Hall–Kier alpha value is -4.04. The number of benzene rings is 3. The topological polar surface area (TPSA) is 53.4 Å². The highest BCUT2D eigenvalue weighted by molar-refractivity contribution is 6.14. The summed E-state index contributed by atoms with van der Waals surface area (Å²) in [6.07, 6.45) is 5.98. The number of carbonyl (C=O) groups is 1. The number of likely N-dealkylation sites (tertiary alicyclic amines) is 1. The Bertz CT molecular complexity index is 1470. The molecule has 1 aromatic heterocycles. The average molecular weight is 500 g/mol. The van der Waals surface area contributed by atoms with E-state index in [-0.39, 0.29) is 18.3 Å². The third-order valence-corrected chi connectivity index (χ3v) is 7.24. The van der Waals surface area contributed by atoms with Crippen LogP contribution in [0, 0.1) is 11.6 Å². The molecular formula is C29H27F2N5O. The van der Waals surface area contributed by atoms with Crippen molar-refractivity contribution in [2.45, 2.75) is 25.4 Å². The van der Waals surface area contributed by atoms with Crippen LogP contribution in [0.1, 0.15) is 34.8 Å². The SMILES string of the molecule is CN1CCC(n2cc(-c3ccc4c(c3)C(=O)N(Cc3cccc(F)c3)c3cc(F)ccc3N4)cn2)CC1. The minimum atomic E-state index is -0.453. The summed E-state index contributed by atoms with van der Waals surface area (Å²) < 4.78 is 30.2. The van der Waals surface area contributed by atoms with Gasteiger partial charge in [-0.3, -0.25) is 9.48 Å². The summed E-state index contributed by atoms with van der Waals surface area (Å²) in [5, 5.41) is 7.92. The third kappa shape index (κ3) is 4.60. The molecule has 0 atom stereocenters. The van der Waals surface area contributed by atoms with Gasteiger partial charge in [-0.25, -0.2) is 8.78 Å². The van der Waals surface area contributed by atoms with Gasteiger partial charge in [-0.15, -0.1) is 0 Å². The third-order valence-electron chi connectivity index (χ3n) is 7.24. The monoisotopic (exact) mass is 499 g/mol. The molecule has 6 nitrogen and oxygen atoms in total. The molecule has 37 heavy (non-hydrogen) atoms. The van der Waals surface area contributed by atoms with E-state index in [1.165, 1.54) is 29.2 Å². The Labute approximate surface area is 214 Å². The predicted octanol–water partition coefficient (Wildman–Crippen LogP) is 6.00. The molecule has 6 rings (SSSR count). The van der Waals surface area contributed by atoms with Gasteiger partial charge in [0, 0.05) is 11.8 Å². The first kappa shape index (κ1) is 23.4. The van der Waals surface area contributed by atoms with Crippen molar-refractivity contribution in [1.82, 2.24) is 14.7 Å². The second-order valence-electron chi connectivity index (χ2n) is 9.81. The van der Waals surface area contributed by atoms with E-state index in [2.05, 4.69) is 22.4 Å². The van der Waals surface area contributed by atoms with Crippen LogP contribution in [0.5, 0.6) is 0 Å². The molecule has 0 saturated carbocycles. The molecule has 4 aromatic rings. The molecule has 1 saturated heterocycles. The van der Waals surface area contributed by atoms with Gasteiger partial charge in [0.25, 0.3) is 5.91 Å². The van der Waals surface area contributed by atoms with E-state index in [1.54, 1.807) is 18.2 Å². The number of rotatable bonds is 4. The van der Waals surface area contributed by atoms with Gasteiger partial charge in [0.15, 0.2) is 0 Å². The van der Waals surface area contributed by atoms with E-state index in [9.17, 15) is 13.6 Å². The number of hydrogen-bond acceptors (Lipinski definition) is 4. The molecule has 2 aliphatic heterocycles. The standard InChI is InChI=1S/C29H27F2N5O/c1-34-11-9-24(10-12-34)36-18-21(16-32-36)20-5-7-26-25(14-20)29(37)35(17-19-3-2-4-22(30)13-19)28-15-23(31)6-8-27(28)33-26/h2-8,13-16,18,24,33H,9-12,17H2,1H3. The molecule has 0 radical (unpaired) electrons. The van der Waals surface area contributed by atoms with E-state index in [0.29, 0.717) is 34.2 Å². The Balaban J connectivity index is 1.36. The highest BCUT2D eigenvalue weighted by Gasteiger charge is 2.28. The fraction of sp³-hybridized carbons (Fsp3) is 0.241. The van der Waals surface area contributed by atoms with Crippen molar-refractivity contribution in [2.24, 2.45) is 0 Å². The fourth-order valence-corrected chi connectivity index (χ4v) is 5.16. The fourth-order valence-electron chi connectivity index (χ4n) is 5.16. The van der Waals surface area contributed by atoms with Gasteiger partial charge >= 0.3 is 0 Å². The Morgan fingerprint density at radius 1 is 0.946 bits per heavy atom. The van der Waals surface area contributed by atoms with Crippen molar-refractivity contribution < 1.29 is 13.6 Å². The van der Waals surface area contributed by atoms with E-state index in [4.69, 9.17) is 0 Å². The summed E-state index contributed by atoms with van der Waals surface area (Å²) in [4.78, 5) is 17.7. The van der Waals surface area contributed by atoms with E-state index >= 15 is 0 Å². The van der Waals surface area contributed by atoms with Crippen LogP contribution >= 0.6 is 0 Å². The summed E-state index contributed by atoms with van der Waals surface area (Å²) in [6.45, 7) is 2.19. The minimum absolute atomic E-state index is 0.104. The Kier molecular flexibility index (Phi) is 5.96. The predicted molar refractivity (Wildman–Crippen MR) is 140 cm³/mol. The molecule has 3 heterocycles. The van der Waals surface area contributed by atoms with Crippen LogP contribution in [-0.4, -0.2) is 40.7 Å². The van der Waals surface area contributed by atoms with Crippen molar-refractivity contribution >= 4 is 23.0 Å². The molecule has 0 unspecified atom stereocenters. The van der Waals surface area contributed by atoms with Gasteiger partial charge in [-0.1, -0.05) is 18.2 Å². The number of amides is 1. The number of nitrogens with one attached hydrogen (secondary N) is 1. The lowest BCUT2D eigenvalue weighted by Crippen LogP contribution is -2.31. The van der Waals surface area contributed by atoms with Crippen molar-refractivity contribution in [3.05, 3.63) is 95.8 Å². The molecule has 2 aliphatic rings. The average Bonchev–Trinajstić information content (AvgIpc) is 3.35.